The quantitative estimate of drug-likeness (QED) is 0.156. The lowest BCUT2D eigenvalue weighted by Gasteiger charge is -2.13. The van der Waals surface area contributed by atoms with Gasteiger partial charge in [-0.25, -0.2) is 0 Å². The van der Waals surface area contributed by atoms with Gasteiger partial charge in [-0.05, 0) is 12.8 Å². The van der Waals surface area contributed by atoms with E-state index >= 15 is 0 Å². The van der Waals surface area contributed by atoms with Crippen LogP contribution in [0, 0.1) is 0 Å². The van der Waals surface area contributed by atoms with Crippen molar-refractivity contribution >= 4 is 29.6 Å². The molecule has 0 bridgehead atoms. The maximum absolute atomic E-state index is 11.7. The molecule has 1 heterocycles. The largest absolute Gasteiger partial charge is 0.481 e. The summed E-state index contributed by atoms with van der Waals surface area (Å²) in [4.78, 5) is 57.5. The van der Waals surface area contributed by atoms with Gasteiger partial charge >= 0.3 is 5.97 Å². The molecule has 0 radical (unpaired) electrons. The number of ether oxygens (including phenoxy) is 3. The minimum atomic E-state index is -0.994. The standard InChI is InChI=1S/C21H35N3O9/c25-17(3-6-21(29)30)22-8-1-11-31-13-15-33-16-14-32-12-2-9-23-18(26)7-10-24-19(27)4-5-20(24)28/h1-16H2,(H,22,25)(H,23,26)(H,29,30). The van der Waals surface area contributed by atoms with Crippen molar-refractivity contribution < 1.29 is 43.3 Å². The van der Waals surface area contributed by atoms with Crippen molar-refractivity contribution in [3.05, 3.63) is 0 Å². The van der Waals surface area contributed by atoms with Crippen LogP contribution in [0.4, 0.5) is 0 Å². The number of nitrogens with one attached hydrogen (secondary N) is 2. The Bertz CT molecular complexity index is 626. The van der Waals surface area contributed by atoms with Crippen LogP contribution in [-0.2, 0) is 38.2 Å². The summed E-state index contributed by atoms with van der Waals surface area (Å²) in [7, 11) is 0. The van der Waals surface area contributed by atoms with Crippen molar-refractivity contribution in [3.63, 3.8) is 0 Å². The van der Waals surface area contributed by atoms with Crippen molar-refractivity contribution in [2.45, 2.75) is 44.9 Å². The molecule has 1 aliphatic heterocycles. The molecule has 12 nitrogen and oxygen atoms in total. The average molecular weight is 474 g/mol. The molecule has 0 spiro atoms. The lowest BCUT2D eigenvalue weighted by Crippen LogP contribution is -2.34. The zero-order valence-electron chi connectivity index (χ0n) is 19.0. The monoisotopic (exact) mass is 473 g/mol. The summed E-state index contributed by atoms with van der Waals surface area (Å²) >= 11 is 0. The smallest absolute Gasteiger partial charge is 0.303 e. The third-order valence-corrected chi connectivity index (χ3v) is 4.60. The van der Waals surface area contributed by atoms with Gasteiger partial charge in [-0.1, -0.05) is 0 Å². The summed E-state index contributed by atoms with van der Waals surface area (Å²) in [5.41, 5.74) is 0. The van der Waals surface area contributed by atoms with E-state index in [1.54, 1.807) is 0 Å². The Balaban J connectivity index is 1.78. The van der Waals surface area contributed by atoms with Crippen LogP contribution < -0.4 is 10.6 Å². The topological polar surface area (TPSA) is 161 Å². The third-order valence-electron chi connectivity index (χ3n) is 4.60. The molecular weight excluding hydrogens is 438 g/mol. The number of rotatable bonds is 20. The molecule has 0 aromatic carbocycles. The Hall–Kier alpha value is -2.57. The molecule has 188 valence electrons. The molecule has 1 rings (SSSR count). The Kier molecular flexibility index (Phi) is 15.5. The van der Waals surface area contributed by atoms with Crippen LogP contribution in [0.2, 0.25) is 0 Å². The van der Waals surface area contributed by atoms with Gasteiger partial charge in [0.25, 0.3) is 0 Å². The predicted octanol–water partition coefficient (Wildman–Crippen LogP) is -0.547. The van der Waals surface area contributed by atoms with Crippen LogP contribution in [0.25, 0.3) is 0 Å². The van der Waals surface area contributed by atoms with E-state index in [2.05, 4.69) is 10.6 Å². The van der Waals surface area contributed by atoms with Gasteiger partial charge in [0.05, 0.1) is 32.8 Å². The first-order valence-corrected chi connectivity index (χ1v) is 11.2. The van der Waals surface area contributed by atoms with Gasteiger partial charge in [0.1, 0.15) is 0 Å². The molecule has 0 aliphatic carbocycles. The molecule has 3 N–H and O–H groups in total. The lowest BCUT2D eigenvalue weighted by molar-refractivity contribution is -0.139. The minimum absolute atomic E-state index is 0.0219. The van der Waals surface area contributed by atoms with Crippen LogP contribution in [-0.4, -0.2) is 98.9 Å². The van der Waals surface area contributed by atoms with E-state index in [0.717, 1.165) is 4.90 Å². The number of imide groups is 1. The molecule has 1 aliphatic rings. The molecule has 0 saturated carbocycles. The van der Waals surface area contributed by atoms with Crippen LogP contribution in [0.3, 0.4) is 0 Å². The van der Waals surface area contributed by atoms with E-state index in [9.17, 15) is 24.0 Å². The molecule has 0 aromatic rings. The number of nitrogens with zero attached hydrogens (tertiary/aromatic N) is 1. The van der Waals surface area contributed by atoms with Crippen molar-refractivity contribution in [1.82, 2.24) is 15.5 Å². The zero-order chi connectivity index (χ0) is 24.3. The number of carboxylic acids is 1. The Morgan fingerprint density at radius 3 is 1.67 bits per heavy atom. The average Bonchev–Trinajstić information content (AvgIpc) is 3.10. The number of hydrogen-bond donors (Lipinski definition) is 3. The summed E-state index contributed by atoms with van der Waals surface area (Å²) in [5, 5.41) is 13.8. The number of carbonyl (C=O) groups is 5. The zero-order valence-corrected chi connectivity index (χ0v) is 19.0. The molecule has 33 heavy (non-hydrogen) atoms. The van der Waals surface area contributed by atoms with E-state index in [0.29, 0.717) is 65.6 Å². The molecule has 1 fully saturated rings. The molecule has 1 saturated heterocycles. The minimum Gasteiger partial charge on any atom is -0.481 e. The molecule has 12 heteroatoms. The predicted molar refractivity (Wildman–Crippen MR) is 115 cm³/mol. The summed E-state index contributed by atoms with van der Waals surface area (Å²) < 4.78 is 16.1. The van der Waals surface area contributed by atoms with Gasteiger partial charge in [0, 0.05) is 58.5 Å². The molecule has 0 unspecified atom stereocenters. The highest BCUT2D eigenvalue weighted by atomic mass is 16.5. The number of carbonyl (C=O) groups excluding carboxylic acids is 4. The van der Waals surface area contributed by atoms with Gasteiger partial charge in [-0.2, -0.15) is 0 Å². The van der Waals surface area contributed by atoms with E-state index in [1.165, 1.54) is 0 Å². The molecule has 0 aromatic heterocycles. The van der Waals surface area contributed by atoms with Gasteiger partial charge < -0.3 is 30.0 Å². The first-order chi connectivity index (χ1) is 15.9. The maximum atomic E-state index is 11.7. The highest BCUT2D eigenvalue weighted by Crippen LogP contribution is 2.11. The van der Waals surface area contributed by atoms with E-state index in [1.807, 2.05) is 0 Å². The Morgan fingerprint density at radius 2 is 1.18 bits per heavy atom. The second kappa shape index (κ2) is 17.9. The van der Waals surface area contributed by atoms with Gasteiger partial charge in [0.15, 0.2) is 0 Å². The molecule has 4 amide bonds. The number of carboxylic acid groups (broad SMARTS) is 1. The number of amides is 4. The van der Waals surface area contributed by atoms with Gasteiger partial charge in [-0.15, -0.1) is 0 Å². The van der Waals surface area contributed by atoms with Crippen LogP contribution in [0.1, 0.15) is 44.9 Å². The van der Waals surface area contributed by atoms with Crippen LogP contribution in [0.5, 0.6) is 0 Å². The number of likely N-dealkylation sites (tertiary alicyclic amines) is 1. The Labute approximate surface area is 193 Å². The highest BCUT2D eigenvalue weighted by molar-refractivity contribution is 6.02. The van der Waals surface area contributed by atoms with Crippen molar-refractivity contribution in [2.75, 3.05) is 59.3 Å². The Morgan fingerprint density at radius 1 is 0.727 bits per heavy atom. The number of aliphatic carboxylic acids is 1. The normalized spacial score (nSPS) is 13.4. The fourth-order valence-electron chi connectivity index (χ4n) is 2.83. The first-order valence-electron chi connectivity index (χ1n) is 11.2. The maximum Gasteiger partial charge on any atom is 0.303 e. The lowest BCUT2D eigenvalue weighted by atomic mass is 10.3. The molecular formula is C21H35N3O9. The first kappa shape index (κ1) is 28.5. The van der Waals surface area contributed by atoms with E-state index in [4.69, 9.17) is 19.3 Å². The second-order valence-corrected chi connectivity index (χ2v) is 7.33. The van der Waals surface area contributed by atoms with Crippen molar-refractivity contribution in [1.29, 1.82) is 0 Å². The second-order valence-electron chi connectivity index (χ2n) is 7.33. The summed E-state index contributed by atoms with van der Waals surface area (Å²) in [6.45, 7) is 3.66. The summed E-state index contributed by atoms with van der Waals surface area (Å²) in [6, 6.07) is 0. The van der Waals surface area contributed by atoms with Crippen LogP contribution in [0.15, 0.2) is 0 Å². The number of hydrogen-bond acceptors (Lipinski definition) is 8. The van der Waals surface area contributed by atoms with Gasteiger partial charge in [0.2, 0.25) is 23.6 Å². The third kappa shape index (κ3) is 15.0. The van der Waals surface area contributed by atoms with Crippen molar-refractivity contribution in [2.24, 2.45) is 0 Å². The molecule has 0 atom stereocenters. The van der Waals surface area contributed by atoms with Crippen LogP contribution >= 0.6 is 0 Å². The summed E-state index contributed by atoms with van der Waals surface area (Å²) in [6.07, 6.45) is 1.65. The highest BCUT2D eigenvalue weighted by Gasteiger charge is 2.28. The van der Waals surface area contributed by atoms with E-state index < -0.39 is 5.97 Å². The fraction of sp³-hybridized carbons (Fsp3) is 0.762. The summed E-state index contributed by atoms with van der Waals surface area (Å²) in [5.74, 6) is -1.91. The van der Waals surface area contributed by atoms with Gasteiger partial charge in [-0.3, -0.25) is 28.9 Å². The van der Waals surface area contributed by atoms with Crippen molar-refractivity contribution in [3.8, 4) is 0 Å². The fourth-order valence-corrected chi connectivity index (χ4v) is 2.83. The van der Waals surface area contributed by atoms with E-state index in [-0.39, 0.29) is 62.3 Å². The SMILES string of the molecule is O=C(O)CCC(=O)NCCCOCCOCCOCCCNC(=O)CCN1C(=O)CCC1=O.